The first-order valence-corrected chi connectivity index (χ1v) is 7.15. The molecule has 0 spiro atoms. The Balaban J connectivity index is 2.05. The van der Waals surface area contributed by atoms with Crippen LogP contribution < -0.4 is 5.73 Å². The molecule has 0 aliphatic heterocycles. The minimum absolute atomic E-state index is 0.517. The Morgan fingerprint density at radius 2 is 2.11 bits per heavy atom. The average molecular weight is 324 g/mol. The van der Waals surface area contributed by atoms with Crippen LogP contribution in [0.1, 0.15) is 5.56 Å². The number of nitrogens with zero attached hydrogens (tertiary/aromatic N) is 2. The average Bonchev–Trinajstić information content (AvgIpc) is 2.76. The molecule has 3 nitrogen and oxygen atoms in total. The molecular weight excluding hydrogens is 310 g/mol. The second-order valence-electron chi connectivity index (χ2n) is 3.92. The van der Waals surface area contributed by atoms with Crippen molar-refractivity contribution in [1.29, 1.82) is 0 Å². The molecule has 0 aliphatic rings. The standard InChI is InChI=1S/C13H14BrN3S/c1-17(8-10-7-12(14)18-9-10)13(15)16-11-5-3-2-4-6-11/h2-7,9H,8H2,1H3,(H2,15,16). The zero-order chi connectivity index (χ0) is 13.0. The van der Waals surface area contributed by atoms with E-state index in [0.717, 1.165) is 16.0 Å². The summed E-state index contributed by atoms with van der Waals surface area (Å²) in [6, 6.07) is 11.8. The van der Waals surface area contributed by atoms with Crippen molar-refractivity contribution in [1.82, 2.24) is 4.90 Å². The highest BCUT2D eigenvalue weighted by molar-refractivity contribution is 9.11. The third kappa shape index (κ3) is 3.58. The number of benzene rings is 1. The predicted molar refractivity (Wildman–Crippen MR) is 81.2 cm³/mol. The molecule has 2 aromatic rings. The molecule has 0 fully saturated rings. The first kappa shape index (κ1) is 13.1. The summed E-state index contributed by atoms with van der Waals surface area (Å²) >= 11 is 5.12. The van der Waals surface area contributed by atoms with Crippen LogP contribution in [0.25, 0.3) is 0 Å². The maximum atomic E-state index is 5.97. The van der Waals surface area contributed by atoms with Crippen LogP contribution >= 0.6 is 27.3 Å². The monoisotopic (exact) mass is 323 g/mol. The summed E-state index contributed by atoms with van der Waals surface area (Å²) in [6.07, 6.45) is 0. The van der Waals surface area contributed by atoms with Gasteiger partial charge in [-0.1, -0.05) is 18.2 Å². The Bertz CT molecular complexity index is 536. The third-order valence-electron chi connectivity index (χ3n) is 2.43. The van der Waals surface area contributed by atoms with Crippen molar-refractivity contribution in [3.8, 4) is 0 Å². The number of guanidine groups is 1. The summed E-state index contributed by atoms with van der Waals surface area (Å²) in [5.74, 6) is 0.517. The largest absolute Gasteiger partial charge is 0.369 e. The van der Waals surface area contributed by atoms with Gasteiger partial charge in [-0.2, -0.15) is 0 Å². The van der Waals surface area contributed by atoms with Crippen LogP contribution in [0.2, 0.25) is 0 Å². The number of para-hydroxylation sites is 1. The van der Waals surface area contributed by atoms with Gasteiger partial charge in [0.2, 0.25) is 0 Å². The second-order valence-corrected chi connectivity index (χ2v) is 6.21. The zero-order valence-electron chi connectivity index (χ0n) is 10.0. The van der Waals surface area contributed by atoms with Gasteiger partial charge in [-0.25, -0.2) is 4.99 Å². The van der Waals surface area contributed by atoms with Crippen molar-refractivity contribution in [2.75, 3.05) is 7.05 Å². The molecule has 2 N–H and O–H groups in total. The fraction of sp³-hybridized carbons (Fsp3) is 0.154. The molecule has 1 aromatic heterocycles. The molecule has 0 unspecified atom stereocenters. The molecule has 0 amide bonds. The molecule has 94 valence electrons. The predicted octanol–water partition coefficient (Wildman–Crippen LogP) is 3.59. The molecule has 0 saturated carbocycles. The lowest BCUT2D eigenvalue weighted by molar-refractivity contribution is 0.496. The van der Waals surface area contributed by atoms with Crippen LogP contribution in [0, 0.1) is 0 Å². The number of aliphatic imine (C=N–C) groups is 1. The Morgan fingerprint density at radius 1 is 1.39 bits per heavy atom. The molecule has 1 aromatic carbocycles. The van der Waals surface area contributed by atoms with E-state index in [9.17, 15) is 0 Å². The van der Waals surface area contributed by atoms with E-state index in [4.69, 9.17) is 5.73 Å². The minimum Gasteiger partial charge on any atom is -0.369 e. The molecule has 1 heterocycles. The second kappa shape index (κ2) is 6.02. The Morgan fingerprint density at radius 3 is 2.72 bits per heavy atom. The molecule has 18 heavy (non-hydrogen) atoms. The lowest BCUT2D eigenvalue weighted by Crippen LogP contribution is -2.33. The highest BCUT2D eigenvalue weighted by atomic mass is 79.9. The van der Waals surface area contributed by atoms with Gasteiger partial charge < -0.3 is 10.6 Å². The normalized spacial score (nSPS) is 11.6. The Hall–Kier alpha value is -1.33. The summed E-state index contributed by atoms with van der Waals surface area (Å²) < 4.78 is 1.13. The maximum absolute atomic E-state index is 5.97. The third-order valence-corrected chi connectivity index (χ3v) is 3.99. The fourth-order valence-electron chi connectivity index (χ4n) is 1.50. The number of hydrogen-bond acceptors (Lipinski definition) is 2. The first-order chi connectivity index (χ1) is 8.65. The molecule has 0 aliphatic carbocycles. The minimum atomic E-state index is 0.517. The lowest BCUT2D eigenvalue weighted by atomic mass is 10.3. The zero-order valence-corrected chi connectivity index (χ0v) is 12.4. The molecule has 2 rings (SSSR count). The molecular formula is C13H14BrN3S. The Labute approximate surface area is 119 Å². The summed E-state index contributed by atoms with van der Waals surface area (Å²) in [7, 11) is 1.94. The fourth-order valence-corrected chi connectivity index (χ4v) is 2.70. The van der Waals surface area contributed by atoms with E-state index in [1.54, 1.807) is 11.3 Å². The lowest BCUT2D eigenvalue weighted by Gasteiger charge is -2.17. The molecule has 0 saturated heterocycles. The van der Waals surface area contributed by atoms with Crippen molar-refractivity contribution in [2.24, 2.45) is 10.7 Å². The van der Waals surface area contributed by atoms with E-state index in [-0.39, 0.29) is 0 Å². The van der Waals surface area contributed by atoms with Crippen LogP contribution in [-0.4, -0.2) is 17.9 Å². The van der Waals surface area contributed by atoms with Crippen LogP contribution in [0.4, 0.5) is 5.69 Å². The number of halogens is 1. The van der Waals surface area contributed by atoms with Gasteiger partial charge >= 0.3 is 0 Å². The summed E-state index contributed by atoms with van der Waals surface area (Å²) in [6.45, 7) is 0.754. The van der Waals surface area contributed by atoms with Crippen molar-refractivity contribution >= 4 is 38.9 Å². The number of rotatable bonds is 3. The van der Waals surface area contributed by atoms with Gasteiger partial charge in [-0.3, -0.25) is 0 Å². The number of thiophene rings is 1. The van der Waals surface area contributed by atoms with Gasteiger partial charge in [0.1, 0.15) is 0 Å². The summed E-state index contributed by atoms with van der Waals surface area (Å²) in [5, 5.41) is 2.11. The van der Waals surface area contributed by atoms with E-state index in [2.05, 4.69) is 32.4 Å². The molecule has 0 radical (unpaired) electrons. The van der Waals surface area contributed by atoms with Gasteiger partial charge in [0, 0.05) is 13.6 Å². The van der Waals surface area contributed by atoms with Crippen molar-refractivity contribution in [3.63, 3.8) is 0 Å². The number of nitrogens with two attached hydrogens (primary N) is 1. The van der Waals surface area contributed by atoms with Crippen molar-refractivity contribution in [3.05, 3.63) is 51.1 Å². The summed E-state index contributed by atoms with van der Waals surface area (Å²) in [5.41, 5.74) is 8.06. The van der Waals surface area contributed by atoms with Gasteiger partial charge in [0.25, 0.3) is 0 Å². The van der Waals surface area contributed by atoms with Gasteiger partial charge in [-0.05, 0) is 45.1 Å². The van der Waals surface area contributed by atoms with Gasteiger partial charge in [0.05, 0.1) is 9.47 Å². The number of hydrogen-bond donors (Lipinski definition) is 1. The van der Waals surface area contributed by atoms with Crippen LogP contribution in [0.3, 0.4) is 0 Å². The maximum Gasteiger partial charge on any atom is 0.196 e. The van der Waals surface area contributed by atoms with E-state index < -0.39 is 0 Å². The highest BCUT2D eigenvalue weighted by Gasteiger charge is 2.05. The van der Waals surface area contributed by atoms with Crippen LogP contribution in [0.15, 0.2) is 50.6 Å². The van der Waals surface area contributed by atoms with E-state index in [1.165, 1.54) is 5.56 Å². The first-order valence-electron chi connectivity index (χ1n) is 5.48. The van der Waals surface area contributed by atoms with Crippen LogP contribution in [-0.2, 0) is 6.54 Å². The highest BCUT2D eigenvalue weighted by Crippen LogP contribution is 2.21. The molecule has 0 bridgehead atoms. The van der Waals surface area contributed by atoms with E-state index in [0.29, 0.717) is 5.96 Å². The van der Waals surface area contributed by atoms with Crippen LogP contribution in [0.5, 0.6) is 0 Å². The van der Waals surface area contributed by atoms with Crippen molar-refractivity contribution < 1.29 is 0 Å². The summed E-state index contributed by atoms with van der Waals surface area (Å²) in [4.78, 5) is 6.31. The SMILES string of the molecule is CN(Cc1csc(Br)c1)C(N)=Nc1ccccc1. The van der Waals surface area contributed by atoms with E-state index in [1.807, 2.05) is 42.3 Å². The quantitative estimate of drug-likeness (QED) is 0.692. The smallest absolute Gasteiger partial charge is 0.196 e. The van der Waals surface area contributed by atoms with Gasteiger partial charge in [-0.15, -0.1) is 11.3 Å². The molecule has 0 atom stereocenters. The Kier molecular flexibility index (Phi) is 4.38. The topological polar surface area (TPSA) is 41.6 Å². The van der Waals surface area contributed by atoms with E-state index >= 15 is 0 Å². The molecule has 5 heteroatoms. The van der Waals surface area contributed by atoms with Crippen molar-refractivity contribution in [2.45, 2.75) is 6.54 Å². The van der Waals surface area contributed by atoms with Gasteiger partial charge in [0.15, 0.2) is 5.96 Å².